The highest BCUT2D eigenvalue weighted by atomic mass is 35.5. The van der Waals surface area contributed by atoms with Gasteiger partial charge in [-0.05, 0) is 159 Å². The van der Waals surface area contributed by atoms with Crippen molar-refractivity contribution in [1.82, 2.24) is 60.0 Å². The zero-order valence-electron chi connectivity index (χ0n) is 65.2. The monoisotopic (exact) mass is 1540 g/mol. The van der Waals surface area contributed by atoms with Gasteiger partial charge in [0.25, 0.3) is 0 Å². The van der Waals surface area contributed by atoms with E-state index in [2.05, 4.69) is 16.0 Å². The average molecular weight is 1550 g/mol. The lowest BCUT2D eigenvalue weighted by molar-refractivity contribution is -0.184. The van der Waals surface area contributed by atoms with Crippen LogP contribution in [0.3, 0.4) is 0 Å². The second-order valence-electron chi connectivity index (χ2n) is 32.3. The number of hydrogen-bond acceptors (Lipinski definition) is 13. The lowest BCUT2D eigenvalue weighted by atomic mass is 9.74. The summed E-state index contributed by atoms with van der Waals surface area (Å²) in [7, 11) is 9.81. The van der Waals surface area contributed by atoms with E-state index in [0.717, 1.165) is 14.7 Å². The summed E-state index contributed by atoms with van der Waals surface area (Å²) in [5.41, 5.74) is -1.63. The van der Waals surface area contributed by atoms with Crippen molar-refractivity contribution < 1.29 is 88.6 Å². The van der Waals surface area contributed by atoms with E-state index in [0.29, 0.717) is 38.5 Å². The Morgan fingerprint density at radius 1 is 0.664 bits per heavy atom. The lowest BCUT2D eigenvalue weighted by Gasteiger charge is -2.46. The molecule has 1 spiro atoms. The number of carbonyl (C=O) groups is 12. The molecule has 107 heavy (non-hydrogen) atoms. The topological polar surface area (TPSA) is 279 Å². The molecule has 25 nitrogen and oxygen atoms in total. The molecule has 3 aliphatic heterocycles. The van der Waals surface area contributed by atoms with Gasteiger partial charge in [0.15, 0.2) is 0 Å². The zero-order valence-corrected chi connectivity index (χ0v) is 65.9. The predicted octanol–water partition coefficient (Wildman–Crippen LogP) is 6.89. The molecular formula is C75H119ClF6N12O13. The summed E-state index contributed by atoms with van der Waals surface area (Å²) in [6, 6.07) is -11.9. The third-order valence-corrected chi connectivity index (χ3v) is 24.8. The van der Waals surface area contributed by atoms with Crippen molar-refractivity contribution in [3.8, 4) is 0 Å². The zero-order chi connectivity index (χ0) is 79.6. The largest absolute Gasteiger partial charge is 0.393 e. The van der Waals surface area contributed by atoms with E-state index < -0.39 is 203 Å². The normalized spacial score (nSPS) is 31.7. The van der Waals surface area contributed by atoms with Gasteiger partial charge < -0.3 is 64.8 Å². The number of likely N-dealkylation sites (N-methyl/N-ethyl adjacent to an activating group) is 6. The molecule has 4 aliphatic carbocycles. The highest BCUT2D eigenvalue weighted by Gasteiger charge is 2.55. The molecule has 7 fully saturated rings. The summed E-state index contributed by atoms with van der Waals surface area (Å²) in [5, 5.41) is 7.36. The van der Waals surface area contributed by atoms with Crippen LogP contribution in [0.2, 0.25) is 0 Å². The van der Waals surface area contributed by atoms with E-state index in [-0.39, 0.29) is 135 Å². The number of carbonyl (C=O) groups excluding carboxylic acids is 12. The second kappa shape index (κ2) is 37.5. The fourth-order valence-electron chi connectivity index (χ4n) is 17.1. The van der Waals surface area contributed by atoms with Crippen LogP contribution in [0.1, 0.15) is 196 Å². The van der Waals surface area contributed by atoms with Gasteiger partial charge in [-0.3, -0.25) is 57.5 Å². The minimum atomic E-state index is -4.57. The molecule has 3 heterocycles. The maximum absolute atomic E-state index is 15.6. The van der Waals surface area contributed by atoms with E-state index in [4.69, 9.17) is 16.3 Å². The molecule has 4 saturated carbocycles. The van der Waals surface area contributed by atoms with Crippen molar-refractivity contribution >= 4 is 82.5 Å². The molecule has 3 saturated heterocycles. The first kappa shape index (κ1) is 87.7. The molecule has 3 N–H and O–H groups in total. The van der Waals surface area contributed by atoms with Crippen molar-refractivity contribution in [2.24, 2.45) is 41.4 Å². The summed E-state index contributed by atoms with van der Waals surface area (Å²) in [5.74, 6) is -14.2. The summed E-state index contributed by atoms with van der Waals surface area (Å²) in [4.78, 5) is 193. The lowest BCUT2D eigenvalue weighted by Crippen LogP contribution is -2.68. The molecular weight excluding hydrogens is 1430 g/mol. The number of fused-ring (bicyclic) bond motifs is 2. The van der Waals surface area contributed by atoms with Gasteiger partial charge in [0, 0.05) is 87.4 Å². The average Bonchev–Trinajstić information content (AvgIpc) is 1.75. The van der Waals surface area contributed by atoms with Crippen LogP contribution in [0.4, 0.5) is 26.3 Å². The number of hydrogen-bond donors (Lipinski definition) is 3. The second-order valence-corrected chi connectivity index (χ2v) is 32.9. The molecule has 14 atom stereocenters. The fourth-order valence-corrected chi connectivity index (χ4v) is 17.6. The SMILES string of the molecule is CCCN1C(=O)[C@@H]2CCN2C(=O)[C@H](C)N(C)C(=O)[C@H]([C@@H](C)CC)NC(=O)[C@H](CC(C)C)N(C)C(=O)C[C@@H](C(=O)N(C)C)N(C)C(=O)[C@H](C2CCCC2)N(C)C(=O)C2(CCC2)NC(=O)[C@@H]2C[C@@H](OCC)CN2C(=O)[C@H](CCC2CCC(C(F)(F)F)C(Cl)C2)NC(=O)CN(C)C(=O)[C@@H]1CC1CCC(C(F)(F)F)CC1. The van der Waals surface area contributed by atoms with Gasteiger partial charge in [-0.25, -0.2) is 0 Å². The number of rotatable bonds is 15. The Kier molecular flexibility index (Phi) is 30.7. The maximum atomic E-state index is 15.6. The number of amides is 12. The summed E-state index contributed by atoms with van der Waals surface area (Å²) in [6.07, 6.45) is -7.53. The van der Waals surface area contributed by atoms with Crippen LogP contribution in [0.15, 0.2) is 0 Å². The Morgan fingerprint density at radius 2 is 1.30 bits per heavy atom. The standard InChI is InChI=1S/C75H119ClF6N12O13/c1-15-34-92-58(38-47-23-27-49(28-24-47)74(77,78)79)68(102)87(10)42-59(95)83-53(30-26-46-25-29-51(52(76)37-46)75(80,81)82)66(100)94-41-50(107-17-3)39-56(94)64(98)85-73(32-20-33-73)72(106)91(14)62(48-21-18-19-22-48)71(105)90(13)57(67(101)86(8)9)40-60(96)89(12)55(36-43(4)5)63(97)84-61(44(6)16-2)70(104)88(11)45(7)65(99)93-35-31-54(93)69(92)103/h43-58,61-62H,15-42H2,1-14H3,(H,83,95)(H,84,97)(H,85,98)/t44-,45-,46?,47?,49?,50+,51?,52?,53-,54-,55-,56-,57-,58-,61-,62-/m0/s1. The molecule has 0 aromatic carbocycles. The van der Waals surface area contributed by atoms with Crippen LogP contribution in [0.5, 0.6) is 0 Å². The van der Waals surface area contributed by atoms with Crippen LogP contribution in [0, 0.1) is 41.4 Å². The van der Waals surface area contributed by atoms with Gasteiger partial charge in [0.2, 0.25) is 70.9 Å². The number of nitrogens with zero attached hydrogens (tertiary/aromatic N) is 9. The molecule has 3 unspecified atom stereocenters. The minimum absolute atomic E-state index is 0.0446. The van der Waals surface area contributed by atoms with E-state index in [1.165, 1.54) is 85.7 Å². The quantitative estimate of drug-likeness (QED) is 0.111. The Labute approximate surface area is 632 Å². The third kappa shape index (κ3) is 20.9. The van der Waals surface area contributed by atoms with Crippen LogP contribution in [-0.4, -0.2) is 281 Å². The maximum Gasteiger partial charge on any atom is 0.393 e. The van der Waals surface area contributed by atoms with Gasteiger partial charge in [0.1, 0.15) is 59.9 Å². The third-order valence-electron chi connectivity index (χ3n) is 24.3. The van der Waals surface area contributed by atoms with Crippen LogP contribution >= 0.6 is 11.6 Å². The molecule has 7 aliphatic rings. The molecule has 7 rings (SSSR count). The van der Waals surface area contributed by atoms with Gasteiger partial charge >= 0.3 is 12.4 Å². The van der Waals surface area contributed by atoms with Gasteiger partial charge in [-0.15, -0.1) is 11.6 Å². The molecule has 0 aromatic heterocycles. The van der Waals surface area contributed by atoms with E-state index >= 15 is 28.8 Å². The molecule has 32 heteroatoms. The smallest absolute Gasteiger partial charge is 0.377 e. The van der Waals surface area contributed by atoms with Crippen LogP contribution in [-0.2, 0) is 62.3 Å². The predicted molar refractivity (Wildman–Crippen MR) is 386 cm³/mol. The van der Waals surface area contributed by atoms with Crippen molar-refractivity contribution in [3.05, 3.63) is 0 Å². The highest BCUT2D eigenvalue weighted by molar-refractivity contribution is 6.21. The molecule has 12 amide bonds. The Bertz CT molecular complexity index is 3170. The summed E-state index contributed by atoms with van der Waals surface area (Å²) >= 11 is 6.43. The van der Waals surface area contributed by atoms with Crippen molar-refractivity contribution in [3.63, 3.8) is 0 Å². The molecule has 0 bridgehead atoms. The van der Waals surface area contributed by atoms with Crippen LogP contribution < -0.4 is 16.0 Å². The van der Waals surface area contributed by atoms with Gasteiger partial charge in [-0.2, -0.15) is 26.3 Å². The van der Waals surface area contributed by atoms with Crippen molar-refractivity contribution in [1.29, 1.82) is 0 Å². The fraction of sp³-hybridized carbons (Fsp3) is 0.840. The number of ether oxygens (including phenoxy) is 1. The van der Waals surface area contributed by atoms with E-state index in [1.807, 2.05) is 13.8 Å². The summed E-state index contributed by atoms with van der Waals surface area (Å²) in [6.45, 7) is 11.3. The molecule has 606 valence electrons. The number of halogens is 7. The first-order valence-electron chi connectivity index (χ1n) is 38.9. The van der Waals surface area contributed by atoms with Gasteiger partial charge in [0.05, 0.1) is 30.9 Å². The minimum Gasteiger partial charge on any atom is -0.377 e. The Morgan fingerprint density at radius 3 is 1.83 bits per heavy atom. The Hall–Kier alpha value is -6.53. The van der Waals surface area contributed by atoms with Crippen molar-refractivity contribution in [2.75, 3.05) is 82.1 Å². The number of nitrogens with one attached hydrogen (secondary N) is 3. The first-order chi connectivity index (χ1) is 50.1. The van der Waals surface area contributed by atoms with E-state index in [9.17, 15) is 55.1 Å². The molecule has 0 aromatic rings. The first-order valence-corrected chi connectivity index (χ1v) is 39.3. The Balaban J connectivity index is 1.32. The van der Waals surface area contributed by atoms with Gasteiger partial charge in [-0.1, -0.05) is 53.9 Å². The number of alkyl halides is 7. The molecule has 0 radical (unpaired) electrons. The van der Waals surface area contributed by atoms with Crippen molar-refractivity contribution in [2.45, 2.75) is 280 Å². The highest BCUT2D eigenvalue weighted by Crippen LogP contribution is 2.45. The van der Waals surface area contributed by atoms with E-state index in [1.54, 1.807) is 27.7 Å². The summed E-state index contributed by atoms with van der Waals surface area (Å²) < 4.78 is 90.8. The van der Waals surface area contributed by atoms with Crippen LogP contribution in [0.25, 0.3) is 0 Å².